The summed E-state index contributed by atoms with van der Waals surface area (Å²) in [6.45, 7) is 2.49. The normalized spacial score (nSPS) is 10.4. The van der Waals surface area contributed by atoms with Crippen molar-refractivity contribution in [3.8, 4) is 0 Å². The number of hydrogen-bond acceptors (Lipinski definition) is 3. The van der Waals surface area contributed by atoms with Crippen molar-refractivity contribution in [3.05, 3.63) is 126 Å². The van der Waals surface area contributed by atoms with Gasteiger partial charge in [0.25, 0.3) is 17.7 Å². The monoisotopic (exact) mass is 493 g/mol. The Balaban J connectivity index is 1.31. The first-order valence-corrected chi connectivity index (χ1v) is 12.1. The van der Waals surface area contributed by atoms with Crippen molar-refractivity contribution in [2.45, 2.75) is 19.9 Å². The highest BCUT2D eigenvalue weighted by atomic mass is 16.2. The summed E-state index contributed by atoms with van der Waals surface area (Å²) in [6.07, 6.45) is 4.11. The second-order valence-electron chi connectivity index (χ2n) is 8.71. The molecule has 3 aromatic carbocycles. The van der Waals surface area contributed by atoms with Gasteiger partial charge in [0.2, 0.25) is 6.54 Å². The molecule has 4 aromatic rings. The zero-order valence-corrected chi connectivity index (χ0v) is 20.6. The Bertz CT molecular complexity index is 1400. The van der Waals surface area contributed by atoms with Crippen molar-refractivity contribution in [2.75, 3.05) is 17.2 Å². The minimum absolute atomic E-state index is 0.0187. The van der Waals surface area contributed by atoms with Crippen LogP contribution in [0.3, 0.4) is 0 Å². The molecule has 0 radical (unpaired) electrons. The van der Waals surface area contributed by atoms with Crippen LogP contribution in [0.15, 0.2) is 103 Å². The molecule has 0 aliphatic heterocycles. The van der Waals surface area contributed by atoms with Crippen LogP contribution >= 0.6 is 0 Å². The van der Waals surface area contributed by atoms with Gasteiger partial charge in [-0.05, 0) is 60.9 Å². The van der Waals surface area contributed by atoms with Gasteiger partial charge in [-0.1, -0.05) is 48.5 Å². The molecule has 0 atom stereocenters. The molecule has 0 unspecified atom stereocenters. The van der Waals surface area contributed by atoms with Crippen LogP contribution in [0.2, 0.25) is 0 Å². The van der Waals surface area contributed by atoms with Gasteiger partial charge < -0.3 is 16.0 Å². The van der Waals surface area contributed by atoms with Gasteiger partial charge in [0.1, 0.15) is 5.56 Å². The second-order valence-corrected chi connectivity index (χ2v) is 8.71. The number of pyridine rings is 1. The number of aryl methyl sites for hydroxylation is 1. The quantitative estimate of drug-likeness (QED) is 0.306. The number of anilines is 2. The molecular formula is C30H29N4O3+. The zero-order chi connectivity index (χ0) is 26.0. The summed E-state index contributed by atoms with van der Waals surface area (Å²) in [7, 11) is 0. The van der Waals surface area contributed by atoms with E-state index in [-0.39, 0.29) is 24.3 Å². The Labute approximate surface area is 216 Å². The van der Waals surface area contributed by atoms with Crippen LogP contribution in [0.1, 0.15) is 31.8 Å². The van der Waals surface area contributed by atoms with E-state index < -0.39 is 0 Å². The number of nitrogens with zero attached hydrogens (tertiary/aromatic N) is 1. The van der Waals surface area contributed by atoms with Gasteiger partial charge in [-0.15, -0.1) is 0 Å². The number of carbonyl (C=O) groups excluding carboxylic acids is 3. The Kier molecular flexibility index (Phi) is 8.39. The summed E-state index contributed by atoms with van der Waals surface area (Å²) >= 11 is 0. The number of nitrogens with one attached hydrogen (secondary N) is 3. The van der Waals surface area contributed by atoms with E-state index in [0.29, 0.717) is 29.0 Å². The Hall–Kier alpha value is -4.78. The van der Waals surface area contributed by atoms with E-state index >= 15 is 0 Å². The fourth-order valence-electron chi connectivity index (χ4n) is 3.85. The lowest BCUT2D eigenvalue weighted by atomic mass is 10.1. The molecule has 0 saturated carbocycles. The van der Waals surface area contributed by atoms with Crippen molar-refractivity contribution >= 4 is 29.1 Å². The highest BCUT2D eigenvalue weighted by Gasteiger charge is 2.15. The van der Waals surface area contributed by atoms with Gasteiger partial charge in [0.15, 0.2) is 12.4 Å². The molecule has 7 heteroatoms. The number of benzene rings is 3. The first kappa shape index (κ1) is 25.3. The molecular weight excluding hydrogens is 464 g/mol. The zero-order valence-electron chi connectivity index (χ0n) is 20.6. The van der Waals surface area contributed by atoms with E-state index in [1.54, 1.807) is 53.4 Å². The maximum atomic E-state index is 12.7. The van der Waals surface area contributed by atoms with E-state index in [9.17, 15) is 14.4 Å². The van der Waals surface area contributed by atoms with E-state index in [1.807, 2.05) is 61.5 Å². The highest BCUT2D eigenvalue weighted by molar-refractivity contribution is 6.05. The minimum atomic E-state index is -0.275. The van der Waals surface area contributed by atoms with Crippen LogP contribution in [0.25, 0.3) is 0 Å². The molecule has 186 valence electrons. The lowest BCUT2D eigenvalue weighted by Crippen LogP contribution is -2.41. The first-order chi connectivity index (χ1) is 18.0. The predicted octanol–water partition coefficient (Wildman–Crippen LogP) is 4.15. The van der Waals surface area contributed by atoms with Crippen LogP contribution in [0.4, 0.5) is 11.4 Å². The smallest absolute Gasteiger partial charge is 0.290 e. The SMILES string of the molecule is Cc1cccc(NC(=O)c2cccc(NC(=O)C[n+]3cccc(C(=O)NCCc4ccccc4)c3)c2)c1. The fourth-order valence-corrected chi connectivity index (χ4v) is 3.85. The second kappa shape index (κ2) is 12.3. The van der Waals surface area contributed by atoms with Crippen molar-refractivity contribution < 1.29 is 19.0 Å². The van der Waals surface area contributed by atoms with Gasteiger partial charge in [0, 0.05) is 29.5 Å². The molecule has 3 amide bonds. The molecule has 7 nitrogen and oxygen atoms in total. The third-order valence-electron chi connectivity index (χ3n) is 5.67. The summed E-state index contributed by atoms with van der Waals surface area (Å²) in [5.41, 5.74) is 4.32. The van der Waals surface area contributed by atoms with Crippen LogP contribution in [0.5, 0.6) is 0 Å². The predicted molar refractivity (Wildman–Crippen MR) is 143 cm³/mol. The van der Waals surface area contributed by atoms with Gasteiger partial charge in [0.05, 0.1) is 0 Å². The van der Waals surface area contributed by atoms with E-state index in [1.165, 1.54) is 0 Å². The molecule has 4 rings (SSSR count). The van der Waals surface area contributed by atoms with E-state index in [4.69, 9.17) is 0 Å². The number of hydrogen-bond donors (Lipinski definition) is 3. The largest absolute Gasteiger partial charge is 0.352 e. The average molecular weight is 494 g/mol. The number of amides is 3. The first-order valence-electron chi connectivity index (χ1n) is 12.1. The molecule has 37 heavy (non-hydrogen) atoms. The molecule has 1 aromatic heterocycles. The standard InChI is InChI=1S/C30H28N4O3/c1-22-8-5-13-26(18-22)33-30(37)24-11-6-14-27(19-24)32-28(35)21-34-17-7-12-25(20-34)29(36)31-16-15-23-9-3-2-4-10-23/h2-14,17-20H,15-16,21H2,1H3,(H2-,31,32,33,35,36,37)/p+1. The molecule has 0 aliphatic rings. The van der Waals surface area contributed by atoms with Gasteiger partial charge in [-0.25, -0.2) is 0 Å². The highest BCUT2D eigenvalue weighted by Crippen LogP contribution is 2.15. The van der Waals surface area contributed by atoms with Gasteiger partial charge in [-0.2, -0.15) is 4.57 Å². The van der Waals surface area contributed by atoms with Crippen LogP contribution < -0.4 is 20.5 Å². The van der Waals surface area contributed by atoms with Crippen molar-refractivity contribution in [2.24, 2.45) is 0 Å². The molecule has 0 aliphatic carbocycles. The third-order valence-corrected chi connectivity index (χ3v) is 5.67. The average Bonchev–Trinajstić information content (AvgIpc) is 2.89. The molecule has 1 heterocycles. The number of rotatable bonds is 9. The fraction of sp³-hybridized carbons (Fsp3) is 0.133. The maximum Gasteiger partial charge on any atom is 0.290 e. The van der Waals surface area contributed by atoms with Crippen LogP contribution in [-0.4, -0.2) is 24.3 Å². The van der Waals surface area contributed by atoms with Gasteiger partial charge in [-0.3, -0.25) is 14.4 Å². The molecule has 3 N–H and O–H groups in total. The van der Waals surface area contributed by atoms with E-state index in [2.05, 4.69) is 16.0 Å². The molecule has 0 bridgehead atoms. The summed E-state index contributed by atoms with van der Waals surface area (Å²) < 4.78 is 1.65. The van der Waals surface area contributed by atoms with Crippen molar-refractivity contribution in [1.29, 1.82) is 0 Å². The summed E-state index contributed by atoms with van der Waals surface area (Å²) in [6, 6.07) is 27.7. The van der Waals surface area contributed by atoms with Crippen LogP contribution in [0, 0.1) is 6.92 Å². The topological polar surface area (TPSA) is 91.2 Å². The number of carbonyl (C=O) groups is 3. The Morgan fingerprint density at radius 1 is 0.730 bits per heavy atom. The summed E-state index contributed by atoms with van der Waals surface area (Å²) in [5, 5.41) is 8.60. The molecule has 0 saturated heterocycles. The Morgan fingerprint density at radius 3 is 2.24 bits per heavy atom. The van der Waals surface area contributed by atoms with Crippen molar-refractivity contribution in [1.82, 2.24) is 5.32 Å². The lowest BCUT2D eigenvalue weighted by molar-refractivity contribution is -0.684. The maximum absolute atomic E-state index is 12.7. The van der Waals surface area contributed by atoms with Crippen LogP contribution in [-0.2, 0) is 17.8 Å². The third kappa shape index (κ3) is 7.60. The molecule has 0 fully saturated rings. The molecule has 0 spiro atoms. The van der Waals surface area contributed by atoms with Gasteiger partial charge >= 0.3 is 0 Å². The lowest BCUT2D eigenvalue weighted by Gasteiger charge is -2.08. The summed E-state index contributed by atoms with van der Waals surface area (Å²) in [4.78, 5) is 37.9. The van der Waals surface area contributed by atoms with Crippen molar-refractivity contribution in [3.63, 3.8) is 0 Å². The summed E-state index contributed by atoms with van der Waals surface area (Å²) in [5.74, 6) is -0.733. The minimum Gasteiger partial charge on any atom is -0.352 e. The van der Waals surface area contributed by atoms with E-state index in [0.717, 1.165) is 17.5 Å². The number of aromatic nitrogens is 1. The Morgan fingerprint density at radius 2 is 1.46 bits per heavy atom.